The van der Waals surface area contributed by atoms with E-state index in [0.717, 1.165) is 4.57 Å². The maximum Gasteiger partial charge on any atom is 0.449 e. The lowest BCUT2D eigenvalue weighted by Gasteiger charge is -2.05. The standard InChI is InChI=1S/C10H7F3N2O/c1-15-8-3-2-6(5-16)4-7(8)14-9(15)10(11,12)13/h2-5H,1H3. The van der Waals surface area contributed by atoms with Gasteiger partial charge >= 0.3 is 6.18 Å². The van der Waals surface area contributed by atoms with Crippen LogP contribution in [0.5, 0.6) is 0 Å². The summed E-state index contributed by atoms with van der Waals surface area (Å²) >= 11 is 0. The van der Waals surface area contributed by atoms with E-state index in [2.05, 4.69) is 4.98 Å². The van der Waals surface area contributed by atoms with Crippen LogP contribution in [0.2, 0.25) is 0 Å². The van der Waals surface area contributed by atoms with Crippen molar-refractivity contribution in [1.29, 1.82) is 0 Å². The predicted octanol–water partition coefficient (Wildman–Crippen LogP) is 2.40. The molecule has 1 aromatic heterocycles. The molecule has 16 heavy (non-hydrogen) atoms. The van der Waals surface area contributed by atoms with Crippen LogP contribution < -0.4 is 0 Å². The number of aromatic nitrogens is 2. The molecule has 2 aromatic rings. The number of aldehydes is 1. The SMILES string of the molecule is Cn1c(C(F)(F)F)nc2cc(C=O)ccc21. The van der Waals surface area contributed by atoms with E-state index in [1.54, 1.807) is 0 Å². The number of carbonyl (C=O) groups excluding carboxylic acids is 1. The van der Waals surface area contributed by atoms with Gasteiger partial charge in [0.1, 0.15) is 6.29 Å². The molecular weight excluding hydrogens is 221 g/mol. The third-order valence-corrected chi connectivity index (χ3v) is 2.29. The Balaban J connectivity index is 2.72. The molecule has 1 heterocycles. The summed E-state index contributed by atoms with van der Waals surface area (Å²) in [5.41, 5.74) is 0.816. The number of rotatable bonds is 1. The first kappa shape index (κ1) is 10.7. The molecule has 84 valence electrons. The Morgan fingerprint density at radius 1 is 1.38 bits per heavy atom. The molecule has 0 spiro atoms. The first-order valence-electron chi connectivity index (χ1n) is 4.42. The van der Waals surface area contributed by atoms with Gasteiger partial charge in [0.25, 0.3) is 0 Å². The lowest BCUT2D eigenvalue weighted by molar-refractivity contribution is -0.146. The number of fused-ring (bicyclic) bond motifs is 1. The Morgan fingerprint density at radius 3 is 2.62 bits per heavy atom. The molecule has 0 aliphatic carbocycles. The molecule has 0 bridgehead atoms. The van der Waals surface area contributed by atoms with Crippen molar-refractivity contribution < 1.29 is 18.0 Å². The van der Waals surface area contributed by atoms with E-state index in [1.165, 1.54) is 25.2 Å². The van der Waals surface area contributed by atoms with Crippen LogP contribution in [-0.4, -0.2) is 15.8 Å². The lowest BCUT2D eigenvalue weighted by Crippen LogP contribution is -2.12. The molecule has 0 aliphatic rings. The van der Waals surface area contributed by atoms with Crippen LogP contribution in [0.15, 0.2) is 18.2 Å². The van der Waals surface area contributed by atoms with Crippen LogP contribution >= 0.6 is 0 Å². The second-order valence-corrected chi connectivity index (χ2v) is 3.36. The fourth-order valence-corrected chi connectivity index (χ4v) is 1.54. The third-order valence-electron chi connectivity index (χ3n) is 2.29. The van der Waals surface area contributed by atoms with E-state index < -0.39 is 12.0 Å². The minimum absolute atomic E-state index is 0.166. The van der Waals surface area contributed by atoms with E-state index in [1.807, 2.05) is 0 Å². The summed E-state index contributed by atoms with van der Waals surface area (Å²) in [6, 6.07) is 4.23. The van der Waals surface area contributed by atoms with Crippen molar-refractivity contribution in [2.24, 2.45) is 7.05 Å². The van der Waals surface area contributed by atoms with Gasteiger partial charge < -0.3 is 4.57 Å². The molecule has 0 unspecified atom stereocenters. The second kappa shape index (κ2) is 3.33. The quantitative estimate of drug-likeness (QED) is 0.702. The number of nitrogens with zero attached hydrogens (tertiary/aromatic N) is 2. The molecular formula is C10H7F3N2O. The van der Waals surface area contributed by atoms with Crippen molar-refractivity contribution in [2.45, 2.75) is 6.18 Å². The van der Waals surface area contributed by atoms with Gasteiger partial charge in [-0.25, -0.2) is 4.98 Å². The number of halogens is 3. The first-order valence-corrected chi connectivity index (χ1v) is 4.42. The van der Waals surface area contributed by atoms with Crippen LogP contribution in [0.3, 0.4) is 0 Å². The van der Waals surface area contributed by atoms with Crippen molar-refractivity contribution in [3.8, 4) is 0 Å². The molecule has 0 saturated heterocycles. The average molecular weight is 228 g/mol. The number of benzene rings is 1. The summed E-state index contributed by atoms with van der Waals surface area (Å²) in [4.78, 5) is 14.0. The summed E-state index contributed by atoms with van der Waals surface area (Å²) in [6.07, 6.45) is -3.92. The topological polar surface area (TPSA) is 34.9 Å². The van der Waals surface area contributed by atoms with Gasteiger partial charge in [-0.05, 0) is 18.2 Å². The highest BCUT2D eigenvalue weighted by Gasteiger charge is 2.36. The van der Waals surface area contributed by atoms with E-state index >= 15 is 0 Å². The maximum absolute atomic E-state index is 12.5. The van der Waals surface area contributed by atoms with Crippen molar-refractivity contribution in [3.63, 3.8) is 0 Å². The highest BCUT2D eigenvalue weighted by atomic mass is 19.4. The van der Waals surface area contributed by atoms with Gasteiger partial charge in [0, 0.05) is 12.6 Å². The second-order valence-electron chi connectivity index (χ2n) is 3.36. The normalized spacial score (nSPS) is 12.0. The molecule has 0 fully saturated rings. The van der Waals surface area contributed by atoms with E-state index in [-0.39, 0.29) is 5.52 Å². The lowest BCUT2D eigenvalue weighted by atomic mass is 10.2. The number of carbonyl (C=O) groups is 1. The number of imidazole rings is 1. The van der Waals surface area contributed by atoms with Gasteiger partial charge in [-0.2, -0.15) is 13.2 Å². The Hall–Kier alpha value is -1.85. The van der Waals surface area contributed by atoms with Crippen LogP contribution in [-0.2, 0) is 13.2 Å². The summed E-state index contributed by atoms with van der Waals surface area (Å²) in [7, 11) is 1.29. The van der Waals surface area contributed by atoms with Crippen LogP contribution in [0.4, 0.5) is 13.2 Å². The summed E-state index contributed by atoms with van der Waals surface area (Å²) < 4.78 is 38.5. The van der Waals surface area contributed by atoms with E-state index in [0.29, 0.717) is 17.4 Å². The fourth-order valence-electron chi connectivity index (χ4n) is 1.54. The third kappa shape index (κ3) is 1.56. The molecule has 0 amide bonds. The van der Waals surface area contributed by atoms with Crippen molar-refractivity contribution in [2.75, 3.05) is 0 Å². The summed E-state index contributed by atoms with van der Waals surface area (Å²) in [5.74, 6) is -0.967. The largest absolute Gasteiger partial charge is 0.449 e. The molecule has 0 radical (unpaired) electrons. The first-order chi connectivity index (χ1) is 7.43. The van der Waals surface area contributed by atoms with Crippen LogP contribution in [0.25, 0.3) is 11.0 Å². The molecule has 0 saturated carbocycles. The highest BCUT2D eigenvalue weighted by molar-refractivity contribution is 5.85. The van der Waals surface area contributed by atoms with Crippen molar-refractivity contribution in [1.82, 2.24) is 9.55 Å². The van der Waals surface area contributed by atoms with Gasteiger partial charge in [0.2, 0.25) is 5.82 Å². The smallest absolute Gasteiger partial charge is 0.323 e. The Bertz CT molecular complexity index is 557. The molecule has 6 heteroatoms. The monoisotopic (exact) mass is 228 g/mol. The zero-order valence-electron chi connectivity index (χ0n) is 8.25. The number of hydrogen-bond donors (Lipinski definition) is 0. The van der Waals surface area contributed by atoms with Gasteiger partial charge in [-0.1, -0.05) is 0 Å². The zero-order valence-corrected chi connectivity index (χ0v) is 8.25. The molecule has 0 N–H and O–H groups in total. The van der Waals surface area contributed by atoms with Crippen LogP contribution in [0, 0.1) is 0 Å². The Labute approximate surface area is 88.5 Å². The number of aryl methyl sites for hydroxylation is 1. The van der Waals surface area contributed by atoms with Gasteiger partial charge in [-0.3, -0.25) is 4.79 Å². The van der Waals surface area contributed by atoms with Crippen molar-refractivity contribution in [3.05, 3.63) is 29.6 Å². The molecule has 2 rings (SSSR count). The predicted molar refractivity (Wildman–Crippen MR) is 51.1 cm³/mol. The minimum atomic E-state index is -4.49. The number of alkyl halides is 3. The van der Waals surface area contributed by atoms with E-state index in [9.17, 15) is 18.0 Å². The summed E-state index contributed by atoms with van der Waals surface area (Å²) in [5, 5.41) is 0. The average Bonchev–Trinajstić information content (AvgIpc) is 2.55. The fraction of sp³-hybridized carbons (Fsp3) is 0.200. The Morgan fingerprint density at radius 2 is 2.06 bits per heavy atom. The molecule has 1 aromatic carbocycles. The molecule has 0 aliphatic heterocycles. The van der Waals surface area contributed by atoms with Gasteiger partial charge in [-0.15, -0.1) is 0 Å². The summed E-state index contributed by atoms with van der Waals surface area (Å²) in [6.45, 7) is 0. The van der Waals surface area contributed by atoms with E-state index in [4.69, 9.17) is 0 Å². The van der Waals surface area contributed by atoms with Crippen molar-refractivity contribution >= 4 is 17.3 Å². The van der Waals surface area contributed by atoms with Gasteiger partial charge in [0.05, 0.1) is 11.0 Å². The number of hydrogen-bond acceptors (Lipinski definition) is 2. The Kier molecular flexibility index (Phi) is 2.22. The zero-order chi connectivity index (χ0) is 11.9. The minimum Gasteiger partial charge on any atom is -0.323 e. The molecule has 0 atom stereocenters. The maximum atomic E-state index is 12.5. The van der Waals surface area contributed by atoms with Crippen LogP contribution in [0.1, 0.15) is 16.2 Å². The highest BCUT2D eigenvalue weighted by Crippen LogP contribution is 2.30. The molecule has 3 nitrogen and oxygen atoms in total. The van der Waals surface area contributed by atoms with Gasteiger partial charge in [0.15, 0.2) is 0 Å².